The van der Waals surface area contributed by atoms with Crippen molar-refractivity contribution in [3.8, 4) is 17.6 Å². The second-order valence-electron chi connectivity index (χ2n) is 9.77. The molecule has 1 fully saturated rings. The molecule has 0 spiro atoms. The Labute approximate surface area is 212 Å². The Morgan fingerprint density at radius 2 is 1.97 bits per heavy atom. The summed E-state index contributed by atoms with van der Waals surface area (Å²) < 4.78 is 30.2. The van der Waals surface area contributed by atoms with E-state index in [9.17, 15) is 9.18 Å². The highest BCUT2D eigenvalue weighted by Gasteiger charge is 2.29. The maximum absolute atomic E-state index is 13.1. The average Bonchev–Trinajstić information content (AvgIpc) is 2.82. The van der Waals surface area contributed by atoms with Gasteiger partial charge in [-0.2, -0.15) is 5.26 Å². The normalized spacial score (nSPS) is 15.2. The van der Waals surface area contributed by atoms with E-state index >= 15 is 0 Å². The number of amides is 1. The lowest BCUT2D eigenvalue weighted by Crippen LogP contribution is -2.55. The number of carbonyl (C=O) groups is 1. The Morgan fingerprint density at radius 3 is 2.61 bits per heavy atom. The molecule has 1 amide bonds. The van der Waals surface area contributed by atoms with Crippen molar-refractivity contribution in [2.75, 3.05) is 33.4 Å². The van der Waals surface area contributed by atoms with Crippen molar-refractivity contribution < 1.29 is 23.4 Å². The van der Waals surface area contributed by atoms with Crippen LogP contribution in [-0.2, 0) is 9.53 Å². The molecule has 2 aromatic rings. The van der Waals surface area contributed by atoms with Gasteiger partial charge in [-0.3, -0.25) is 9.69 Å². The third kappa shape index (κ3) is 8.67. The highest BCUT2D eigenvalue weighted by molar-refractivity contribution is 5.92. The largest absolute Gasteiger partial charge is 0.496 e. The summed E-state index contributed by atoms with van der Waals surface area (Å²) in [6.07, 6.45) is 3.87. The zero-order valence-electron chi connectivity index (χ0n) is 21.3. The molecular formula is C28H34FN3O4. The Hall–Kier alpha value is -3.41. The van der Waals surface area contributed by atoms with Crippen molar-refractivity contribution in [2.45, 2.75) is 44.9 Å². The zero-order chi connectivity index (χ0) is 26.1. The van der Waals surface area contributed by atoms with Gasteiger partial charge in [-0.05, 0) is 75.7 Å². The van der Waals surface area contributed by atoms with E-state index in [2.05, 4.69) is 16.3 Å². The summed E-state index contributed by atoms with van der Waals surface area (Å²) in [5, 5.41) is 12.2. The van der Waals surface area contributed by atoms with Crippen molar-refractivity contribution in [3.63, 3.8) is 0 Å². The molecule has 1 aliphatic heterocycles. The number of benzene rings is 2. The first-order valence-electron chi connectivity index (χ1n) is 12.0. The van der Waals surface area contributed by atoms with Crippen molar-refractivity contribution >= 4 is 12.0 Å². The van der Waals surface area contributed by atoms with E-state index < -0.39 is 0 Å². The molecule has 3 rings (SSSR count). The van der Waals surface area contributed by atoms with Crippen LogP contribution in [-0.4, -0.2) is 61.9 Å². The lowest BCUT2D eigenvalue weighted by molar-refractivity contribution is -0.118. The first-order chi connectivity index (χ1) is 17.1. The van der Waals surface area contributed by atoms with Crippen LogP contribution >= 0.6 is 0 Å². The number of nitrogens with one attached hydrogen (secondary N) is 1. The zero-order valence-corrected chi connectivity index (χ0v) is 21.3. The summed E-state index contributed by atoms with van der Waals surface area (Å²) in [6.45, 7) is 8.65. The number of ether oxygens (including phenoxy) is 3. The van der Waals surface area contributed by atoms with Gasteiger partial charge < -0.3 is 19.5 Å². The third-order valence-electron chi connectivity index (χ3n) is 5.67. The van der Waals surface area contributed by atoms with E-state index in [-0.39, 0.29) is 29.5 Å². The summed E-state index contributed by atoms with van der Waals surface area (Å²) in [5.41, 5.74) is 0.819. The molecule has 1 saturated heterocycles. The van der Waals surface area contributed by atoms with Gasteiger partial charge in [-0.25, -0.2) is 4.39 Å². The van der Waals surface area contributed by atoms with Crippen LogP contribution in [0, 0.1) is 17.1 Å². The Kier molecular flexibility index (Phi) is 9.45. The minimum absolute atomic E-state index is 0.0661. The molecule has 2 aromatic carbocycles. The molecule has 0 radical (unpaired) electrons. The number of nitrogens with zero attached hydrogens (tertiary/aromatic N) is 2. The fourth-order valence-electron chi connectivity index (χ4n) is 3.72. The maximum atomic E-state index is 13.1. The number of hydrogen-bond donors (Lipinski definition) is 1. The van der Waals surface area contributed by atoms with Crippen molar-refractivity contribution in [1.29, 1.82) is 5.26 Å². The third-order valence-corrected chi connectivity index (χ3v) is 5.67. The van der Waals surface area contributed by atoms with Crippen LogP contribution in [0.5, 0.6) is 11.5 Å². The SMILES string of the molecule is COc1ccc(C#N)cc1/C=C/C(=O)N[C@H](CCN1CC(Oc2ccc(F)cc2)C1)COC(C)(C)C. The second-order valence-corrected chi connectivity index (χ2v) is 9.77. The van der Waals surface area contributed by atoms with Crippen LogP contribution in [0.15, 0.2) is 48.5 Å². The van der Waals surface area contributed by atoms with Gasteiger partial charge in [-0.1, -0.05) is 0 Å². The maximum Gasteiger partial charge on any atom is 0.244 e. The number of methoxy groups -OCH3 is 1. The topological polar surface area (TPSA) is 83.8 Å². The number of hydrogen-bond acceptors (Lipinski definition) is 6. The Balaban J connectivity index is 1.52. The number of halogens is 1. The molecule has 0 aromatic heterocycles. The first-order valence-corrected chi connectivity index (χ1v) is 12.0. The number of carbonyl (C=O) groups excluding carboxylic acids is 1. The van der Waals surface area contributed by atoms with Crippen LogP contribution in [0.1, 0.15) is 38.3 Å². The molecule has 0 aliphatic carbocycles. The lowest BCUT2D eigenvalue weighted by atomic mass is 10.1. The van der Waals surface area contributed by atoms with Crippen LogP contribution in [0.4, 0.5) is 4.39 Å². The molecule has 0 saturated carbocycles. The minimum Gasteiger partial charge on any atom is -0.496 e. The Morgan fingerprint density at radius 1 is 1.25 bits per heavy atom. The van der Waals surface area contributed by atoms with Gasteiger partial charge in [0.25, 0.3) is 0 Å². The van der Waals surface area contributed by atoms with E-state index in [4.69, 9.17) is 19.5 Å². The molecule has 36 heavy (non-hydrogen) atoms. The van der Waals surface area contributed by atoms with Crippen molar-refractivity contribution in [1.82, 2.24) is 10.2 Å². The molecule has 0 unspecified atom stereocenters. The molecule has 1 heterocycles. The fourth-order valence-corrected chi connectivity index (χ4v) is 3.72. The van der Waals surface area contributed by atoms with Crippen molar-refractivity contribution in [2.24, 2.45) is 0 Å². The van der Waals surface area contributed by atoms with Crippen LogP contribution < -0.4 is 14.8 Å². The van der Waals surface area contributed by atoms with E-state index in [1.54, 1.807) is 43.5 Å². The molecule has 192 valence electrons. The average molecular weight is 496 g/mol. The van der Waals surface area contributed by atoms with Gasteiger partial charge in [0.05, 0.1) is 37.0 Å². The van der Waals surface area contributed by atoms with Crippen LogP contribution in [0.25, 0.3) is 6.08 Å². The molecular weight excluding hydrogens is 461 g/mol. The number of nitriles is 1. The van der Waals surface area contributed by atoms with E-state index in [0.29, 0.717) is 35.7 Å². The molecule has 1 atom stereocenters. The van der Waals surface area contributed by atoms with Gasteiger partial charge in [0.15, 0.2) is 0 Å². The Bertz CT molecular complexity index is 1080. The summed E-state index contributed by atoms with van der Waals surface area (Å²) in [7, 11) is 1.55. The molecule has 7 nitrogen and oxygen atoms in total. The van der Waals surface area contributed by atoms with E-state index in [1.807, 2.05) is 20.8 Å². The fraction of sp³-hybridized carbons (Fsp3) is 0.429. The van der Waals surface area contributed by atoms with Crippen molar-refractivity contribution in [3.05, 3.63) is 65.5 Å². The lowest BCUT2D eigenvalue weighted by Gasteiger charge is -2.39. The monoisotopic (exact) mass is 495 g/mol. The standard InChI is InChI=1S/C28H34FN3O4/c1-28(2,3)35-19-23(13-14-32-17-25(18-32)36-24-9-7-22(29)8-10-24)31-27(33)12-6-21-15-20(16-30)5-11-26(21)34-4/h5-12,15,23,25H,13-14,17-19H2,1-4H3,(H,31,33)/b12-6+/t23-/m1/s1. The summed E-state index contributed by atoms with van der Waals surface area (Å²) in [5.74, 6) is 0.713. The van der Waals surface area contributed by atoms with Gasteiger partial charge in [0, 0.05) is 31.3 Å². The van der Waals surface area contributed by atoms with E-state index in [1.165, 1.54) is 18.2 Å². The van der Waals surface area contributed by atoms with Crippen LogP contribution in [0.2, 0.25) is 0 Å². The summed E-state index contributed by atoms with van der Waals surface area (Å²) in [4.78, 5) is 14.9. The summed E-state index contributed by atoms with van der Waals surface area (Å²) >= 11 is 0. The quantitative estimate of drug-likeness (QED) is 0.471. The predicted octanol–water partition coefficient (Wildman–Crippen LogP) is 4.17. The molecule has 1 N–H and O–H groups in total. The molecule has 1 aliphatic rings. The highest BCUT2D eigenvalue weighted by Crippen LogP contribution is 2.21. The smallest absolute Gasteiger partial charge is 0.244 e. The van der Waals surface area contributed by atoms with Gasteiger partial charge in [-0.15, -0.1) is 0 Å². The molecule has 0 bridgehead atoms. The predicted molar refractivity (Wildman–Crippen MR) is 136 cm³/mol. The van der Waals surface area contributed by atoms with Crippen LogP contribution in [0.3, 0.4) is 0 Å². The van der Waals surface area contributed by atoms with Gasteiger partial charge in [0.2, 0.25) is 5.91 Å². The molecule has 8 heteroatoms. The highest BCUT2D eigenvalue weighted by atomic mass is 19.1. The second kappa shape index (κ2) is 12.5. The van der Waals surface area contributed by atoms with Gasteiger partial charge >= 0.3 is 0 Å². The minimum atomic E-state index is -0.325. The van der Waals surface area contributed by atoms with Gasteiger partial charge in [0.1, 0.15) is 23.4 Å². The first kappa shape index (κ1) is 27.2. The summed E-state index contributed by atoms with van der Waals surface area (Å²) in [6, 6.07) is 13.0. The number of likely N-dealkylation sites (tertiary alicyclic amines) is 1. The number of rotatable bonds is 11. The van der Waals surface area contributed by atoms with E-state index in [0.717, 1.165) is 19.6 Å².